The molecular weight excluding hydrogens is 253 g/mol. The molecule has 3 aromatic rings. The van der Waals surface area contributed by atoms with Crippen molar-refractivity contribution in [3.05, 3.63) is 47.0 Å². The summed E-state index contributed by atoms with van der Waals surface area (Å²) in [5, 5.41) is 1.22. The molecule has 0 atom stereocenters. The van der Waals surface area contributed by atoms with Gasteiger partial charge in [-0.3, -0.25) is 0 Å². The fraction of sp³-hybridized carbons (Fsp3) is 0.200. The van der Waals surface area contributed by atoms with Crippen molar-refractivity contribution in [1.82, 2.24) is 0 Å². The minimum atomic E-state index is -4.41. The molecule has 0 spiro atoms. The van der Waals surface area contributed by atoms with Gasteiger partial charge < -0.3 is 4.42 Å². The van der Waals surface area contributed by atoms with E-state index in [-0.39, 0.29) is 11.1 Å². The molecule has 0 saturated carbocycles. The van der Waals surface area contributed by atoms with Crippen LogP contribution in [0.25, 0.3) is 21.9 Å². The summed E-state index contributed by atoms with van der Waals surface area (Å²) < 4.78 is 44.8. The smallest absolute Gasteiger partial charge is 0.420 e. The fourth-order valence-corrected chi connectivity index (χ4v) is 2.40. The molecule has 0 bridgehead atoms. The Morgan fingerprint density at radius 2 is 1.63 bits per heavy atom. The van der Waals surface area contributed by atoms with Gasteiger partial charge in [-0.2, -0.15) is 13.2 Å². The third kappa shape index (κ3) is 1.79. The number of aryl methyl sites for hydroxylation is 2. The van der Waals surface area contributed by atoms with Crippen molar-refractivity contribution >= 4 is 21.9 Å². The third-order valence-electron chi connectivity index (χ3n) is 3.29. The minimum Gasteiger partial charge on any atom is -0.455 e. The first-order valence-corrected chi connectivity index (χ1v) is 5.87. The lowest BCUT2D eigenvalue weighted by Crippen LogP contribution is -2.07. The molecule has 0 aliphatic heterocycles. The first-order valence-electron chi connectivity index (χ1n) is 5.87. The van der Waals surface area contributed by atoms with Gasteiger partial charge in [0.05, 0.1) is 0 Å². The van der Waals surface area contributed by atoms with Gasteiger partial charge in [-0.1, -0.05) is 24.3 Å². The second-order valence-electron chi connectivity index (χ2n) is 4.73. The lowest BCUT2D eigenvalue weighted by Gasteiger charge is -2.09. The van der Waals surface area contributed by atoms with E-state index in [1.54, 1.807) is 18.2 Å². The van der Waals surface area contributed by atoms with Gasteiger partial charge >= 0.3 is 6.18 Å². The Morgan fingerprint density at radius 1 is 0.947 bits per heavy atom. The number of rotatable bonds is 0. The van der Waals surface area contributed by atoms with Crippen molar-refractivity contribution in [1.29, 1.82) is 0 Å². The van der Waals surface area contributed by atoms with Crippen molar-refractivity contribution in [3.63, 3.8) is 0 Å². The summed E-state index contributed by atoms with van der Waals surface area (Å²) in [6.45, 7) is 3.32. The molecule has 3 rings (SSSR count). The maximum Gasteiger partial charge on any atom is 0.420 e. The summed E-state index contributed by atoms with van der Waals surface area (Å²) >= 11 is 0. The Kier molecular flexibility index (Phi) is 2.39. The Labute approximate surface area is 107 Å². The molecule has 1 heterocycles. The average molecular weight is 264 g/mol. The average Bonchev–Trinajstić information content (AvgIpc) is 2.63. The zero-order chi connectivity index (χ0) is 13.8. The Balaban J connectivity index is 2.50. The van der Waals surface area contributed by atoms with Crippen LogP contribution in [0.5, 0.6) is 0 Å². The predicted molar refractivity (Wildman–Crippen MR) is 68.2 cm³/mol. The molecule has 0 saturated heterocycles. The van der Waals surface area contributed by atoms with Crippen LogP contribution < -0.4 is 0 Å². The summed E-state index contributed by atoms with van der Waals surface area (Å²) in [7, 11) is 0. The van der Waals surface area contributed by atoms with Gasteiger partial charge in [0.25, 0.3) is 0 Å². The predicted octanol–water partition coefficient (Wildman–Crippen LogP) is 5.22. The number of halogens is 3. The summed E-state index contributed by atoms with van der Waals surface area (Å²) in [4.78, 5) is 0. The highest BCUT2D eigenvalue weighted by Crippen LogP contribution is 2.40. The number of fused-ring (bicyclic) bond motifs is 3. The van der Waals surface area contributed by atoms with Gasteiger partial charge in [0.1, 0.15) is 16.7 Å². The molecule has 98 valence electrons. The molecule has 0 fully saturated rings. The number of furan rings is 1. The van der Waals surface area contributed by atoms with Crippen molar-refractivity contribution in [2.24, 2.45) is 0 Å². The molecule has 0 N–H and O–H groups in total. The molecule has 0 aliphatic rings. The second kappa shape index (κ2) is 3.76. The van der Waals surface area contributed by atoms with E-state index in [0.717, 1.165) is 5.56 Å². The van der Waals surface area contributed by atoms with E-state index in [0.29, 0.717) is 16.4 Å². The zero-order valence-electron chi connectivity index (χ0n) is 10.4. The summed E-state index contributed by atoms with van der Waals surface area (Å²) in [6.07, 6.45) is -4.41. The lowest BCUT2D eigenvalue weighted by molar-refractivity contribution is -0.137. The SMILES string of the molecule is Cc1ccc2c(c1)oc1c(C(F)(F)F)c(C)ccc12. The van der Waals surface area contributed by atoms with Gasteiger partial charge in [0.15, 0.2) is 0 Å². The van der Waals surface area contributed by atoms with Crippen LogP contribution in [-0.4, -0.2) is 0 Å². The van der Waals surface area contributed by atoms with E-state index in [9.17, 15) is 13.2 Å². The topological polar surface area (TPSA) is 13.1 Å². The molecule has 4 heteroatoms. The van der Waals surface area contributed by atoms with Crippen LogP contribution in [0.4, 0.5) is 13.2 Å². The molecule has 1 nitrogen and oxygen atoms in total. The molecule has 2 aromatic carbocycles. The maximum atomic E-state index is 13.1. The normalized spacial score (nSPS) is 12.5. The van der Waals surface area contributed by atoms with E-state index in [1.807, 2.05) is 13.0 Å². The van der Waals surface area contributed by atoms with Crippen molar-refractivity contribution in [3.8, 4) is 0 Å². The van der Waals surface area contributed by atoms with Crippen LogP contribution in [0.3, 0.4) is 0 Å². The fourth-order valence-electron chi connectivity index (χ4n) is 2.40. The number of alkyl halides is 3. The van der Waals surface area contributed by atoms with Gasteiger partial charge in [-0.15, -0.1) is 0 Å². The van der Waals surface area contributed by atoms with E-state index < -0.39 is 11.7 Å². The molecule has 19 heavy (non-hydrogen) atoms. The number of hydrogen-bond donors (Lipinski definition) is 0. The number of benzene rings is 2. The molecular formula is C15H11F3O. The zero-order valence-corrected chi connectivity index (χ0v) is 10.4. The third-order valence-corrected chi connectivity index (χ3v) is 3.29. The Bertz CT molecular complexity index is 781. The summed E-state index contributed by atoms with van der Waals surface area (Å²) in [5.41, 5.74) is 0.866. The molecule has 0 amide bonds. The highest BCUT2D eigenvalue weighted by atomic mass is 19.4. The molecule has 0 aliphatic carbocycles. The van der Waals surface area contributed by atoms with Gasteiger partial charge in [0, 0.05) is 10.8 Å². The van der Waals surface area contributed by atoms with Crippen LogP contribution >= 0.6 is 0 Å². The Hall–Kier alpha value is -1.97. The monoisotopic (exact) mass is 264 g/mol. The standard InChI is InChI=1S/C15H11F3O/c1-8-3-5-10-11-6-4-9(2)13(15(16,17)18)14(11)19-12(10)7-8/h3-7H,1-2H3. The Morgan fingerprint density at radius 3 is 2.32 bits per heavy atom. The first-order chi connectivity index (χ1) is 8.88. The van der Waals surface area contributed by atoms with Crippen LogP contribution in [-0.2, 0) is 6.18 Å². The first kappa shape index (κ1) is 12.1. The van der Waals surface area contributed by atoms with Crippen molar-refractivity contribution < 1.29 is 17.6 Å². The second-order valence-corrected chi connectivity index (χ2v) is 4.73. The highest BCUT2D eigenvalue weighted by Gasteiger charge is 2.36. The van der Waals surface area contributed by atoms with E-state index in [1.165, 1.54) is 13.0 Å². The van der Waals surface area contributed by atoms with Gasteiger partial charge in [-0.25, -0.2) is 0 Å². The van der Waals surface area contributed by atoms with Crippen LogP contribution in [0.15, 0.2) is 34.7 Å². The van der Waals surface area contributed by atoms with Crippen molar-refractivity contribution in [2.75, 3.05) is 0 Å². The molecule has 0 radical (unpaired) electrons. The highest BCUT2D eigenvalue weighted by molar-refractivity contribution is 6.06. The summed E-state index contributed by atoms with van der Waals surface area (Å²) in [6, 6.07) is 8.59. The lowest BCUT2D eigenvalue weighted by atomic mass is 10.0. The maximum absolute atomic E-state index is 13.1. The van der Waals surface area contributed by atoms with Gasteiger partial charge in [-0.05, 0) is 31.0 Å². The van der Waals surface area contributed by atoms with Crippen molar-refractivity contribution in [2.45, 2.75) is 20.0 Å². The molecule has 0 unspecified atom stereocenters. The van der Waals surface area contributed by atoms with Gasteiger partial charge in [0.2, 0.25) is 0 Å². The quantitative estimate of drug-likeness (QED) is 0.542. The largest absolute Gasteiger partial charge is 0.455 e. The van der Waals surface area contributed by atoms with E-state index in [2.05, 4.69) is 0 Å². The summed E-state index contributed by atoms with van der Waals surface area (Å²) in [5.74, 6) is 0. The minimum absolute atomic E-state index is 0.0758. The van der Waals surface area contributed by atoms with Crippen LogP contribution in [0.1, 0.15) is 16.7 Å². The van der Waals surface area contributed by atoms with Crippen LogP contribution in [0, 0.1) is 13.8 Å². The number of hydrogen-bond acceptors (Lipinski definition) is 1. The van der Waals surface area contributed by atoms with E-state index in [4.69, 9.17) is 4.42 Å². The molecule has 1 aromatic heterocycles. The van der Waals surface area contributed by atoms with Crippen LogP contribution in [0.2, 0.25) is 0 Å². The van der Waals surface area contributed by atoms with E-state index >= 15 is 0 Å².